The van der Waals surface area contributed by atoms with Gasteiger partial charge >= 0.3 is 0 Å². The van der Waals surface area contributed by atoms with Gasteiger partial charge in [-0.1, -0.05) is 23.3 Å². The first-order valence-corrected chi connectivity index (χ1v) is 5.11. The summed E-state index contributed by atoms with van der Waals surface area (Å²) in [4.78, 5) is 0. The first-order chi connectivity index (χ1) is 5.29. The van der Waals surface area contributed by atoms with E-state index in [1.807, 2.05) is 30.5 Å². The summed E-state index contributed by atoms with van der Waals surface area (Å²) in [5.41, 5.74) is 0.996. The van der Waals surface area contributed by atoms with E-state index >= 15 is 0 Å². The summed E-state index contributed by atoms with van der Waals surface area (Å²) in [7, 11) is 0. The van der Waals surface area contributed by atoms with E-state index < -0.39 is 11.2 Å². The second-order valence-corrected chi connectivity index (χ2v) is 3.73. The van der Waals surface area contributed by atoms with Gasteiger partial charge in [-0.25, -0.2) is 0 Å². The molecule has 0 radical (unpaired) electrons. The Kier molecular flexibility index (Phi) is 3.26. The Morgan fingerprint density at radius 1 is 1.45 bits per heavy atom. The summed E-state index contributed by atoms with van der Waals surface area (Å²) in [6, 6.07) is 0. The fraction of sp³-hybridized carbons (Fsp3) is 0.250. The van der Waals surface area contributed by atoms with Gasteiger partial charge in [0.25, 0.3) is 0 Å². The van der Waals surface area contributed by atoms with Crippen LogP contribution in [0.3, 0.4) is 0 Å². The summed E-state index contributed by atoms with van der Waals surface area (Å²) in [5, 5.41) is 3.04. The third-order valence-corrected chi connectivity index (χ3v) is 1.96. The molecule has 0 fully saturated rings. The molecule has 0 aromatic heterocycles. The van der Waals surface area contributed by atoms with Crippen LogP contribution in [0.4, 0.5) is 0 Å². The highest BCUT2D eigenvalue weighted by Gasteiger charge is 2.01. The molecule has 1 N–H and O–H groups in total. The van der Waals surface area contributed by atoms with Crippen LogP contribution in [0.5, 0.6) is 0 Å². The minimum atomic E-state index is -0.769. The van der Waals surface area contributed by atoms with Crippen molar-refractivity contribution in [2.45, 2.75) is 0 Å². The summed E-state index contributed by atoms with van der Waals surface area (Å²) in [6.07, 6.45) is 11.2. The molecule has 0 spiro atoms. The van der Waals surface area contributed by atoms with Gasteiger partial charge in [0.15, 0.2) is 0 Å². The van der Waals surface area contributed by atoms with E-state index in [1.165, 1.54) is 0 Å². The lowest BCUT2D eigenvalue weighted by molar-refractivity contribution is 0.602. The molecule has 1 aliphatic heterocycles. The van der Waals surface area contributed by atoms with Crippen LogP contribution in [0, 0.1) is 0 Å². The summed E-state index contributed by atoms with van der Waals surface area (Å²) < 4.78 is 10.8. The second-order valence-electron chi connectivity index (χ2n) is 2.30. The van der Waals surface area contributed by atoms with Crippen LogP contribution in [-0.2, 0) is 11.2 Å². The molecule has 0 unspecified atom stereocenters. The van der Waals surface area contributed by atoms with Crippen molar-refractivity contribution in [2.24, 2.45) is 0 Å². The van der Waals surface area contributed by atoms with Gasteiger partial charge in [0.1, 0.15) is 5.75 Å². The zero-order valence-corrected chi connectivity index (χ0v) is 7.23. The highest BCUT2D eigenvalue weighted by Crippen LogP contribution is 1.99. The molecule has 0 saturated heterocycles. The van der Waals surface area contributed by atoms with Crippen molar-refractivity contribution in [1.82, 2.24) is 5.32 Å². The predicted molar refractivity (Wildman–Crippen MR) is 48.4 cm³/mol. The maximum atomic E-state index is 10.8. The Labute approximate surface area is 69.9 Å². The first kappa shape index (κ1) is 8.43. The van der Waals surface area contributed by atoms with Gasteiger partial charge in [-0.05, 0) is 12.2 Å². The third-order valence-electron chi connectivity index (χ3n) is 1.24. The van der Waals surface area contributed by atoms with Crippen LogP contribution in [0.25, 0.3) is 0 Å². The average molecular weight is 169 g/mol. The smallest absolute Gasteiger partial charge is 0.144 e. The van der Waals surface area contributed by atoms with E-state index in [2.05, 4.69) is 5.32 Å². The van der Waals surface area contributed by atoms with Gasteiger partial charge in [-0.15, -0.1) is 0 Å². The Bertz CT molecular complexity index is 206. The van der Waals surface area contributed by atoms with Gasteiger partial charge in [0, 0.05) is 6.20 Å². The zero-order chi connectivity index (χ0) is 8.10. The van der Waals surface area contributed by atoms with Gasteiger partial charge in [-0.2, -0.15) is 0 Å². The van der Waals surface area contributed by atoms with E-state index in [9.17, 15) is 4.55 Å². The molecule has 0 aromatic carbocycles. The molecular weight excluding hydrogens is 158 g/mol. The molecule has 0 bridgehead atoms. The molecule has 60 valence electrons. The topological polar surface area (TPSA) is 35.1 Å². The van der Waals surface area contributed by atoms with E-state index in [1.54, 1.807) is 6.26 Å². The number of allylic oxidation sites excluding steroid dienone is 4. The molecule has 1 rings (SSSR count). The third kappa shape index (κ3) is 3.30. The average Bonchev–Trinajstić information content (AvgIpc) is 2.14. The van der Waals surface area contributed by atoms with Gasteiger partial charge < -0.3 is 9.87 Å². The number of hydrogen-bond acceptors (Lipinski definition) is 2. The van der Waals surface area contributed by atoms with Crippen molar-refractivity contribution >= 4 is 11.2 Å². The molecule has 0 saturated carbocycles. The van der Waals surface area contributed by atoms with E-state index in [-0.39, 0.29) is 0 Å². The number of nitrogens with one attached hydrogen (secondary N) is 1. The van der Waals surface area contributed by atoms with Gasteiger partial charge in [0.05, 0.1) is 12.0 Å². The van der Waals surface area contributed by atoms with Crippen LogP contribution in [-0.4, -0.2) is 16.6 Å². The molecule has 0 aromatic rings. The summed E-state index contributed by atoms with van der Waals surface area (Å²) >= 11 is -0.769. The zero-order valence-electron chi connectivity index (χ0n) is 6.41. The Hall–Kier alpha value is -0.670. The van der Waals surface area contributed by atoms with Gasteiger partial charge in [0.2, 0.25) is 0 Å². The quantitative estimate of drug-likeness (QED) is 0.624. The molecule has 0 amide bonds. The summed E-state index contributed by atoms with van der Waals surface area (Å²) in [6.45, 7) is 0. The Morgan fingerprint density at radius 2 is 2.27 bits per heavy atom. The van der Waals surface area contributed by atoms with Crippen molar-refractivity contribution < 1.29 is 4.55 Å². The lowest BCUT2D eigenvalue weighted by atomic mass is 10.4. The van der Waals surface area contributed by atoms with Gasteiger partial charge in [-0.3, -0.25) is 0 Å². The van der Waals surface area contributed by atoms with Crippen LogP contribution >= 0.6 is 0 Å². The monoisotopic (exact) mass is 169 g/mol. The van der Waals surface area contributed by atoms with E-state index in [0.717, 1.165) is 5.70 Å². The minimum absolute atomic E-state index is 0.592. The molecule has 11 heavy (non-hydrogen) atoms. The maximum Gasteiger partial charge on any atom is 0.144 e. The van der Waals surface area contributed by atoms with Crippen LogP contribution in [0.15, 0.2) is 36.2 Å². The van der Waals surface area contributed by atoms with Crippen molar-refractivity contribution in [3.63, 3.8) is 0 Å². The molecule has 1 aliphatic rings. The van der Waals surface area contributed by atoms with Crippen LogP contribution < -0.4 is 5.32 Å². The number of hydrogen-bond donors (Lipinski definition) is 1. The minimum Gasteiger partial charge on any atom is -0.616 e. The van der Waals surface area contributed by atoms with E-state index in [4.69, 9.17) is 0 Å². The van der Waals surface area contributed by atoms with E-state index in [0.29, 0.717) is 5.75 Å². The van der Waals surface area contributed by atoms with Crippen molar-refractivity contribution in [1.29, 1.82) is 0 Å². The fourth-order valence-electron chi connectivity index (χ4n) is 0.803. The van der Waals surface area contributed by atoms with Crippen molar-refractivity contribution in [2.75, 3.05) is 12.0 Å². The summed E-state index contributed by atoms with van der Waals surface area (Å²) in [5.74, 6) is 0.592. The second kappa shape index (κ2) is 4.26. The van der Waals surface area contributed by atoms with Crippen molar-refractivity contribution in [3.8, 4) is 0 Å². The molecule has 2 nitrogen and oxygen atoms in total. The largest absolute Gasteiger partial charge is 0.616 e. The maximum absolute atomic E-state index is 10.8. The number of rotatable bonds is 2. The normalized spacial score (nSPS) is 18.5. The van der Waals surface area contributed by atoms with Crippen LogP contribution in [0.1, 0.15) is 0 Å². The highest BCUT2D eigenvalue weighted by molar-refractivity contribution is 7.90. The standard InChI is InChI=1S/C8H11NOS/c1-11(10)7-8-5-3-2-4-6-9-8/h2-6,9H,7H2,1H3/t11-/m0/s1. The molecule has 1 heterocycles. The Morgan fingerprint density at radius 3 is 3.00 bits per heavy atom. The molecular formula is C8H11NOS. The SMILES string of the molecule is C[S@+]([O-])CC1=CC=CC=CN1. The fourth-order valence-corrected chi connectivity index (χ4v) is 1.42. The van der Waals surface area contributed by atoms with Crippen LogP contribution in [0.2, 0.25) is 0 Å². The first-order valence-electron chi connectivity index (χ1n) is 3.38. The van der Waals surface area contributed by atoms with Crippen molar-refractivity contribution in [3.05, 3.63) is 36.2 Å². The Balaban J connectivity index is 2.51. The highest BCUT2D eigenvalue weighted by atomic mass is 32.2. The lowest BCUT2D eigenvalue weighted by Crippen LogP contribution is -2.14. The molecule has 3 heteroatoms. The molecule has 0 aliphatic carbocycles. The lowest BCUT2D eigenvalue weighted by Gasteiger charge is -2.07. The predicted octanol–water partition coefficient (Wildman–Crippen LogP) is 0.922. The molecule has 1 atom stereocenters.